The summed E-state index contributed by atoms with van der Waals surface area (Å²) in [6.45, 7) is 5.66. The van der Waals surface area contributed by atoms with Gasteiger partial charge in [-0.3, -0.25) is 4.79 Å². The Hall–Kier alpha value is -0.830. The van der Waals surface area contributed by atoms with Gasteiger partial charge in [0.2, 0.25) is 0 Å². The molecule has 0 fully saturated rings. The number of rotatable bonds is 9. The SMILES string of the molecule is C=CCC(O)(CCCCCC)CC(=O)O. The predicted molar refractivity (Wildman–Crippen MR) is 60.8 cm³/mol. The number of aliphatic hydroxyl groups is 1. The fourth-order valence-corrected chi connectivity index (χ4v) is 1.69. The van der Waals surface area contributed by atoms with Gasteiger partial charge in [0.1, 0.15) is 0 Å². The van der Waals surface area contributed by atoms with Crippen molar-refractivity contribution < 1.29 is 15.0 Å². The molecule has 0 heterocycles. The first-order valence-electron chi connectivity index (χ1n) is 5.59. The van der Waals surface area contributed by atoms with Gasteiger partial charge in [0.15, 0.2) is 0 Å². The summed E-state index contributed by atoms with van der Waals surface area (Å²) in [4.78, 5) is 10.6. The Balaban J connectivity index is 4.00. The van der Waals surface area contributed by atoms with E-state index in [0.717, 1.165) is 25.7 Å². The largest absolute Gasteiger partial charge is 0.481 e. The zero-order chi connectivity index (χ0) is 11.7. The Bertz CT molecular complexity index is 201. The van der Waals surface area contributed by atoms with E-state index in [1.54, 1.807) is 6.08 Å². The van der Waals surface area contributed by atoms with E-state index in [2.05, 4.69) is 13.5 Å². The Kier molecular flexibility index (Phi) is 7.05. The summed E-state index contributed by atoms with van der Waals surface area (Å²) < 4.78 is 0. The molecule has 0 amide bonds. The van der Waals surface area contributed by atoms with Crippen molar-refractivity contribution in [2.75, 3.05) is 0 Å². The van der Waals surface area contributed by atoms with Gasteiger partial charge in [-0.15, -0.1) is 6.58 Å². The standard InChI is InChI=1S/C12H22O3/c1-3-5-6-7-9-12(15,8-4-2)10-11(13)14/h4,15H,2-3,5-10H2,1H3,(H,13,14). The molecule has 2 N–H and O–H groups in total. The Morgan fingerprint density at radius 3 is 2.53 bits per heavy atom. The average Bonchev–Trinajstić information content (AvgIpc) is 2.11. The molecule has 1 atom stereocenters. The molecular formula is C12H22O3. The van der Waals surface area contributed by atoms with Crippen LogP contribution in [0.3, 0.4) is 0 Å². The van der Waals surface area contributed by atoms with Gasteiger partial charge >= 0.3 is 5.97 Å². The predicted octanol–water partition coefficient (Wildman–Crippen LogP) is 2.74. The van der Waals surface area contributed by atoms with Crippen LogP contribution in [0, 0.1) is 0 Å². The van der Waals surface area contributed by atoms with Crippen molar-refractivity contribution in [3.05, 3.63) is 12.7 Å². The maximum atomic E-state index is 10.6. The lowest BCUT2D eigenvalue weighted by Gasteiger charge is -2.24. The molecule has 0 aromatic heterocycles. The summed E-state index contributed by atoms with van der Waals surface area (Å²) in [6.07, 6.45) is 6.50. The molecule has 0 saturated carbocycles. The highest BCUT2D eigenvalue weighted by molar-refractivity contribution is 5.68. The van der Waals surface area contributed by atoms with Gasteiger partial charge in [0.05, 0.1) is 12.0 Å². The zero-order valence-electron chi connectivity index (χ0n) is 9.54. The lowest BCUT2D eigenvalue weighted by molar-refractivity contribution is -0.142. The monoisotopic (exact) mass is 214 g/mol. The molecule has 0 aliphatic rings. The first-order valence-corrected chi connectivity index (χ1v) is 5.59. The number of unbranched alkanes of at least 4 members (excludes halogenated alkanes) is 3. The quantitative estimate of drug-likeness (QED) is 0.458. The van der Waals surface area contributed by atoms with Gasteiger partial charge in [-0.1, -0.05) is 38.7 Å². The number of aliphatic carboxylic acids is 1. The summed E-state index contributed by atoms with van der Waals surface area (Å²) in [5, 5.41) is 18.7. The van der Waals surface area contributed by atoms with Crippen LogP contribution in [0.5, 0.6) is 0 Å². The van der Waals surface area contributed by atoms with E-state index >= 15 is 0 Å². The van der Waals surface area contributed by atoms with Gasteiger partial charge in [0, 0.05) is 0 Å². The van der Waals surface area contributed by atoms with Gasteiger partial charge in [-0.2, -0.15) is 0 Å². The molecule has 0 saturated heterocycles. The minimum Gasteiger partial charge on any atom is -0.481 e. The van der Waals surface area contributed by atoms with Crippen molar-refractivity contribution in [2.45, 2.75) is 57.5 Å². The molecule has 0 bridgehead atoms. The lowest BCUT2D eigenvalue weighted by atomic mass is 9.89. The molecular weight excluding hydrogens is 192 g/mol. The molecule has 0 rings (SSSR count). The van der Waals surface area contributed by atoms with Crippen molar-refractivity contribution in [3.63, 3.8) is 0 Å². The van der Waals surface area contributed by atoms with E-state index in [4.69, 9.17) is 5.11 Å². The van der Waals surface area contributed by atoms with Crippen LogP contribution in [-0.4, -0.2) is 21.8 Å². The molecule has 1 unspecified atom stereocenters. The summed E-state index contributed by atoms with van der Waals surface area (Å²) in [5.41, 5.74) is -1.10. The van der Waals surface area contributed by atoms with Gasteiger partial charge in [-0.05, 0) is 12.8 Å². The van der Waals surface area contributed by atoms with Crippen molar-refractivity contribution in [1.82, 2.24) is 0 Å². The molecule has 3 nitrogen and oxygen atoms in total. The Labute approximate surface area is 91.8 Å². The molecule has 0 aliphatic carbocycles. The van der Waals surface area contributed by atoms with Crippen LogP contribution in [0.1, 0.15) is 51.9 Å². The topological polar surface area (TPSA) is 57.5 Å². The Morgan fingerprint density at radius 2 is 2.07 bits per heavy atom. The lowest BCUT2D eigenvalue weighted by Crippen LogP contribution is -2.31. The van der Waals surface area contributed by atoms with E-state index in [0.29, 0.717) is 12.8 Å². The number of carboxylic acid groups (broad SMARTS) is 1. The maximum Gasteiger partial charge on any atom is 0.306 e. The fourth-order valence-electron chi connectivity index (χ4n) is 1.69. The fraction of sp³-hybridized carbons (Fsp3) is 0.750. The van der Waals surface area contributed by atoms with Gasteiger partial charge < -0.3 is 10.2 Å². The number of carboxylic acids is 1. The van der Waals surface area contributed by atoms with E-state index < -0.39 is 11.6 Å². The normalized spacial score (nSPS) is 14.5. The summed E-state index contributed by atoms with van der Waals surface area (Å²) in [6, 6.07) is 0. The number of carbonyl (C=O) groups is 1. The highest BCUT2D eigenvalue weighted by Gasteiger charge is 2.27. The van der Waals surface area contributed by atoms with E-state index in [9.17, 15) is 9.90 Å². The third kappa shape index (κ3) is 7.14. The minimum atomic E-state index is -1.10. The summed E-state index contributed by atoms with van der Waals surface area (Å²) in [5.74, 6) is -0.949. The second-order valence-corrected chi connectivity index (χ2v) is 4.10. The molecule has 0 radical (unpaired) electrons. The van der Waals surface area contributed by atoms with Gasteiger partial charge in [0.25, 0.3) is 0 Å². The third-order valence-corrected chi connectivity index (χ3v) is 2.50. The zero-order valence-corrected chi connectivity index (χ0v) is 9.54. The third-order valence-electron chi connectivity index (χ3n) is 2.50. The van der Waals surface area contributed by atoms with E-state index in [-0.39, 0.29) is 6.42 Å². The van der Waals surface area contributed by atoms with Gasteiger partial charge in [-0.25, -0.2) is 0 Å². The summed E-state index contributed by atoms with van der Waals surface area (Å²) in [7, 11) is 0. The number of hydrogen-bond donors (Lipinski definition) is 2. The van der Waals surface area contributed by atoms with Crippen LogP contribution in [0.4, 0.5) is 0 Å². The second-order valence-electron chi connectivity index (χ2n) is 4.10. The van der Waals surface area contributed by atoms with Crippen LogP contribution in [0.25, 0.3) is 0 Å². The second kappa shape index (κ2) is 7.46. The average molecular weight is 214 g/mol. The highest BCUT2D eigenvalue weighted by Crippen LogP contribution is 2.23. The van der Waals surface area contributed by atoms with E-state index in [1.807, 2.05) is 0 Å². The molecule has 0 aromatic rings. The molecule has 88 valence electrons. The molecule has 15 heavy (non-hydrogen) atoms. The van der Waals surface area contributed by atoms with Crippen LogP contribution in [0.15, 0.2) is 12.7 Å². The molecule has 0 aromatic carbocycles. The van der Waals surface area contributed by atoms with Crippen LogP contribution in [0.2, 0.25) is 0 Å². The first kappa shape index (κ1) is 14.2. The van der Waals surface area contributed by atoms with E-state index in [1.165, 1.54) is 0 Å². The van der Waals surface area contributed by atoms with Crippen LogP contribution < -0.4 is 0 Å². The molecule has 0 aliphatic heterocycles. The van der Waals surface area contributed by atoms with Crippen LogP contribution in [-0.2, 0) is 4.79 Å². The minimum absolute atomic E-state index is 0.189. The molecule has 0 spiro atoms. The Morgan fingerprint density at radius 1 is 1.40 bits per heavy atom. The molecule has 3 heteroatoms. The van der Waals surface area contributed by atoms with Crippen molar-refractivity contribution in [1.29, 1.82) is 0 Å². The van der Waals surface area contributed by atoms with Crippen molar-refractivity contribution >= 4 is 5.97 Å². The summed E-state index contributed by atoms with van der Waals surface area (Å²) >= 11 is 0. The van der Waals surface area contributed by atoms with Crippen molar-refractivity contribution in [2.24, 2.45) is 0 Å². The first-order chi connectivity index (χ1) is 7.04. The highest BCUT2D eigenvalue weighted by atomic mass is 16.4. The van der Waals surface area contributed by atoms with Crippen LogP contribution >= 0.6 is 0 Å². The number of hydrogen-bond acceptors (Lipinski definition) is 2. The van der Waals surface area contributed by atoms with Crippen molar-refractivity contribution in [3.8, 4) is 0 Å². The maximum absolute atomic E-state index is 10.6. The smallest absolute Gasteiger partial charge is 0.306 e.